The number of aryl methyl sites for hydroxylation is 1. The second-order valence-electron chi connectivity index (χ2n) is 5.35. The van der Waals surface area contributed by atoms with Crippen molar-refractivity contribution in [2.24, 2.45) is 5.73 Å². The molecule has 2 aromatic rings. The third-order valence-electron chi connectivity index (χ3n) is 3.82. The minimum absolute atomic E-state index is 0. The van der Waals surface area contributed by atoms with Crippen LogP contribution in [0.25, 0.3) is 0 Å². The van der Waals surface area contributed by atoms with Gasteiger partial charge < -0.3 is 10.3 Å². The van der Waals surface area contributed by atoms with E-state index in [0.717, 1.165) is 18.9 Å². The van der Waals surface area contributed by atoms with E-state index in [4.69, 9.17) is 10.3 Å². The summed E-state index contributed by atoms with van der Waals surface area (Å²) < 4.78 is 5.07. The summed E-state index contributed by atoms with van der Waals surface area (Å²) in [4.78, 5) is 6.71. The van der Waals surface area contributed by atoms with Crippen molar-refractivity contribution in [2.75, 3.05) is 6.54 Å². The summed E-state index contributed by atoms with van der Waals surface area (Å²) in [5.74, 6) is 1.23. The Balaban J connectivity index is 0.00000161. The Morgan fingerprint density at radius 1 is 1.43 bits per heavy atom. The van der Waals surface area contributed by atoms with E-state index < -0.39 is 0 Å². The highest BCUT2D eigenvalue weighted by Gasteiger charge is 2.27. The van der Waals surface area contributed by atoms with Crippen molar-refractivity contribution in [2.45, 2.75) is 38.9 Å². The highest BCUT2D eigenvalue weighted by molar-refractivity contribution is 5.85. The van der Waals surface area contributed by atoms with Crippen molar-refractivity contribution < 1.29 is 4.52 Å². The molecule has 2 N–H and O–H groups in total. The molecular formula is C15H21ClN4O. The molecule has 1 unspecified atom stereocenters. The molecule has 6 heteroatoms. The molecule has 21 heavy (non-hydrogen) atoms. The molecule has 2 heterocycles. The van der Waals surface area contributed by atoms with Gasteiger partial charge in [-0.05, 0) is 31.9 Å². The van der Waals surface area contributed by atoms with Gasteiger partial charge >= 0.3 is 0 Å². The number of hydrogen-bond donors (Lipinski definition) is 1. The first-order chi connectivity index (χ1) is 9.76. The Hall–Kier alpha value is -1.43. The van der Waals surface area contributed by atoms with E-state index in [9.17, 15) is 0 Å². The average Bonchev–Trinajstić information content (AvgIpc) is 3.08. The minimum Gasteiger partial charge on any atom is -0.338 e. The highest BCUT2D eigenvalue weighted by Crippen LogP contribution is 2.33. The van der Waals surface area contributed by atoms with Crippen LogP contribution in [0.3, 0.4) is 0 Å². The fourth-order valence-electron chi connectivity index (χ4n) is 2.89. The Labute approximate surface area is 130 Å². The summed E-state index contributed by atoms with van der Waals surface area (Å²) in [6, 6.07) is 9.19. The smallest absolute Gasteiger partial charge is 0.240 e. The van der Waals surface area contributed by atoms with Gasteiger partial charge in [0.25, 0.3) is 0 Å². The van der Waals surface area contributed by atoms with E-state index in [2.05, 4.69) is 46.2 Å². The molecular weight excluding hydrogens is 288 g/mol. The van der Waals surface area contributed by atoms with Gasteiger partial charge in [0, 0.05) is 6.04 Å². The molecule has 0 spiro atoms. The van der Waals surface area contributed by atoms with E-state index in [0.29, 0.717) is 18.5 Å². The maximum Gasteiger partial charge on any atom is 0.240 e. The Kier molecular flexibility index (Phi) is 5.33. The van der Waals surface area contributed by atoms with E-state index in [1.165, 1.54) is 24.0 Å². The van der Waals surface area contributed by atoms with Gasteiger partial charge in [-0.15, -0.1) is 12.4 Å². The zero-order chi connectivity index (χ0) is 13.9. The average molecular weight is 309 g/mol. The Morgan fingerprint density at radius 3 is 3.00 bits per heavy atom. The van der Waals surface area contributed by atoms with Gasteiger partial charge in [0.15, 0.2) is 5.82 Å². The van der Waals surface area contributed by atoms with E-state index >= 15 is 0 Å². The van der Waals surface area contributed by atoms with E-state index in [1.807, 2.05) is 0 Å². The summed E-state index contributed by atoms with van der Waals surface area (Å²) in [6.07, 6.45) is 2.39. The molecule has 0 aliphatic carbocycles. The second-order valence-corrected chi connectivity index (χ2v) is 5.35. The van der Waals surface area contributed by atoms with Crippen LogP contribution in [-0.2, 0) is 13.1 Å². The molecule has 0 amide bonds. The van der Waals surface area contributed by atoms with Crippen LogP contribution in [-0.4, -0.2) is 21.6 Å². The van der Waals surface area contributed by atoms with Gasteiger partial charge in [-0.25, -0.2) is 0 Å². The number of benzene rings is 1. The molecule has 1 aliphatic heterocycles. The first-order valence-electron chi connectivity index (χ1n) is 7.08. The fourth-order valence-corrected chi connectivity index (χ4v) is 2.89. The largest absolute Gasteiger partial charge is 0.338 e. The maximum atomic E-state index is 5.50. The predicted molar refractivity (Wildman–Crippen MR) is 83.0 cm³/mol. The quantitative estimate of drug-likeness (QED) is 0.940. The monoisotopic (exact) mass is 308 g/mol. The first-order valence-corrected chi connectivity index (χ1v) is 7.08. The first kappa shape index (κ1) is 15.9. The van der Waals surface area contributed by atoms with E-state index in [1.54, 1.807) is 0 Å². The number of rotatable bonds is 4. The van der Waals surface area contributed by atoms with Crippen LogP contribution in [0.5, 0.6) is 0 Å². The van der Waals surface area contributed by atoms with Crippen LogP contribution >= 0.6 is 12.4 Å². The molecule has 1 saturated heterocycles. The number of nitrogens with zero attached hydrogens (tertiary/aromatic N) is 3. The van der Waals surface area contributed by atoms with Crippen molar-refractivity contribution in [3.05, 3.63) is 47.1 Å². The molecule has 0 saturated carbocycles. The molecule has 5 nitrogen and oxygen atoms in total. The normalized spacial score (nSPS) is 18.7. The van der Waals surface area contributed by atoms with Crippen molar-refractivity contribution in [1.82, 2.24) is 15.0 Å². The second kappa shape index (κ2) is 7.02. The lowest BCUT2D eigenvalue weighted by molar-refractivity contribution is 0.238. The number of halogens is 1. The summed E-state index contributed by atoms with van der Waals surface area (Å²) in [7, 11) is 0. The van der Waals surface area contributed by atoms with Crippen LogP contribution in [0, 0.1) is 6.92 Å². The molecule has 0 bridgehead atoms. The van der Waals surface area contributed by atoms with Gasteiger partial charge in [0.1, 0.15) is 0 Å². The van der Waals surface area contributed by atoms with Crippen LogP contribution in [0.2, 0.25) is 0 Å². The summed E-state index contributed by atoms with van der Waals surface area (Å²) >= 11 is 0. The lowest BCUT2D eigenvalue weighted by atomic mass is 10.0. The molecule has 0 radical (unpaired) electrons. The molecule has 1 aromatic heterocycles. The Bertz CT molecular complexity index is 587. The van der Waals surface area contributed by atoms with Crippen LogP contribution in [0.1, 0.15) is 41.7 Å². The van der Waals surface area contributed by atoms with Crippen molar-refractivity contribution in [1.29, 1.82) is 0 Å². The third-order valence-corrected chi connectivity index (χ3v) is 3.82. The lowest BCUT2D eigenvalue weighted by Crippen LogP contribution is -2.23. The maximum absolute atomic E-state index is 5.50. The molecule has 114 valence electrons. The number of nitrogens with two attached hydrogens (primary N) is 1. The van der Waals surface area contributed by atoms with Crippen LogP contribution < -0.4 is 5.73 Å². The van der Waals surface area contributed by atoms with Crippen LogP contribution in [0.15, 0.2) is 28.8 Å². The van der Waals surface area contributed by atoms with Gasteiger partial charge in [-0.3, -0.25) is 4.90 Å². The highest BCUT2D eigenvalue weighted by atomic mass is 35.5. The van der Waals surface area contributed by atoms with Gasteiger partial charge in [0.2, 0.25) is 5.89 Å². The number of hydrogen-bond acceptors (Lipinski definition) is 5. The zero-order valence-electron chi connectivity index (χ0n) is 12.2. The lowest BCUT2D eigenvalue weighted by Gasteiger charge is -2.23. The SMILES string of the molecule is Cc1cccc(C2CCCN2Cc2noc(CN)n2)c1.Cl. The summed E-state index contributed by atoms with van der Waals surface area (Å²) in [5, 5.41) is 3.99. The zero-order valence-corrected chi connectivity index (χ0v) is 13.0. The molecule has 3 rings (SSSR count). The van der Waals surface area contributed by atoms with Crippen molar-refractivity contribution in [3.63, 3.8) is 0 Å². The summed E-state index contributed by atoms with van der Waals surface area (Å²) in [5.41, 5.74) is 8.18. The third kappa shape index (κ3) is 3.61. The topological polar surface area (TPSA) is 68.2 Å². The number of aromatic nitrogens is 2. The predicted octanol–water partition coefficient (Wildman–Crippen LogP) is 2.60. The molecule has 1 atom stereocenters. The van der Waals surface area contributed by atoms with Gasteiger partial charge in [-0.2, -0.15) is 4.98 Å². The van der Waals surface area contributed by atoms with Crippen LogP contribution in [0.4, 0.5) is 0 Å². The fraction of sp³-hybridized carbons (Fsp3) is 0.467. The standard InChI is InChI=1S/C15H20N4O.ClH/c1-11-4-2-5-12(8-11)13-6-3-7-19(13)10-14-17-15(9-16)20-18-14;/h2,4-5,8,13H,3,6-7,9-10,16H2,1H3;1H. The van der Waals surface area contributed by atoms with Gasteiger partial charge in [0.05, 0.1) is 13.1 Å². The summed E-state index contributed by atoms with van der Waals surface area (Å²) in [6.45, 7) is 4.23. The Morgan fingerprint density at radius 2 is 2.29 bits per heavy atom. The molecule has 1 aromatic carbocycles. The minimum atomic E-state index is 0. The van der Waals surface area contributed by atoms with E-state index in [-0.39, 0.29) is 12.4 Å². The number of likely N-dealkylation sites (tertiary alicyclic amines) is 1. The molecule has 1 fully saturated rings. The van der Waals surface area contributed by atoms with Crippen molar-refractivity contribution in [3.8, 4) is 0 Å². The van der Waals surface area contributed by atoms with Crippen molar-refractivity contribution >= 4 is 12.4 Å². The van der Waals surface area contributed by atoms with Gasteiger partial charge in [-0.1, -0.05) is 35.0 Å². The molecule has 1 aliphatic rings.